The van der Waals surface area contributed by atoms with Crippen LogP contribution in [0.5, 0.6) is 5.75 Å². The van der Waals surface area contributed by atoms with Crippen LogP contribution in [0.15, 0.2) is 28.7 Å². The second kappa shape index (κ2) is 4.89. The second-order valence-corrected chi connectivity index (χ2v) is 6.83. The average Bonchev–Trinajstić information content (AvgIpc) is 2.70. The maximum absolute atomic E-state index is 13.2. The second-order valence-electron chi connectivity index (χ2n) is 4.68. The minimum atomic E-state index is -0.272. The summed E-state index contributed by atoms with van der Waals surface area (Å²) in [6, 6.07) is 6.42. The van der Waals surface area contributed by atoms with E-state index < -0.39 is 0 Å². The maximum Gasteiger partial charge on any atom is 0.135 e. The molecule has 0 radical (unpaired) electrons. The summed E-state index contributed by atoms with van der Waals surface area (Å²) in [6.07, 6.45) is 0.617. The standard InChI is InChI=1S/C14H13BrFNOS/c1-7-10(15)5-14(19-7)13-6-11(17)9-4-8(16)2-3-12(9)18-13/h2-5,11,13H,6,17H2,1H3/t11-,13?/m1/s1. The highest BCUT2D eigenvalue weighted by Gasteiger charge is 2.28. The van der Waals surface area contributed by atoms with Gasteiger partial charge in [0.05, 0.1) is 0 Å². The van der Waals surface area contributed by atoms with Gasteiger partial charge in [0.15, 0.2) is 0 Å². The lowest BCUT2D eigenvalue weighted by Gasteiger charge is -2.29. The molecule has 2 aromatic rings. The van der Waals surface area contributed by atoms with E-state index in [0.29, 0.717) is 12.2 Å². The minimum Gasteiger partial charge on any atom is -0.484 e. The molecule has 1 aromatic carbocycles. The topological polar surface area (TPSA) is 35.2 Å². The molecule has 1 aliphatic heterocycles. The van der Waals surface area contributed by atoms with Crippen molar-refractivity contribution in [2.45, 2.75) is 25.5 Å². The van der Waals surface area contributed by atoms with E-state index in [1.54, 1.807) is 17.4 Å². The van der Waals surface area contributed by atoms with Crippen LogP contribution in [0.4, 0.5) is 4.39 Å². The monoisotopic (exact) mass is 341 g/mol. The van der Waals surface area contributed by atoms with Gasteiger partial charge in [0, 0.05) is 32.3 Å². The molecule has 0 aliphatic carbocycles. The Hall–Kier alpha value is -0.910. The first-order valence-electron chi connectivity index (χ1n) is 6.02. The Balaban J connectivity index is 1.94. The third-order valence-corrected chi connectivity index (χ3v) is 5.53. The van der Waals surface area contributed by atoms with Crippen molar-refractivity contribution in [2.24, 2.45) is 5.73 Å². The van der Waals surface area contributed by atoms with Crippen LogP contribution in [0.2, 0.25) is 0 Å². The molecule has 100 valence electrons. The lowest BCUT2D eigenvalue weighted by Crippen LogP contribution is -2.23. The molecule has 0 bridgehead atoms. The molecule has 3 rings (SSSR count). The molecule has 0 saturated carbocycles. The van der Waals surface area contributed by atoms with Gasteiger partial charge in [0.1, 0.15) is 17.7 Å². The summed E-state index contributed by atoms with van der Waals surface area (Å²) in [6.45, 7) is 2.06. The van der Waals surface area contributed by atoms with Gasteiger partial charge in [-0.25, -0.2) is 4.39 Å². The van der Waals surface area contributed by atoms with Crippen molar-refractivity contribution >= 4 is 27.3 Å². The molecule has 0 fully saturated rings. The van der Waals surface area contributed by atoms with Crippen LogP contribution in [0.1, 0.15) is 33.9 Å². The van der Waals surface area contributed by atoms with Crippen molar-refractivity contribution in [3.05, 3.63) is 49.9 Å². The van der Waals surface area contributed by atoms with E-state index in [2.05, 4.69) is 28.9 Å². The minimum absolute atomic E-state index is 0.0528. The molecule has 19 heavy (non-hydrogen) atoms. The number of halogens is 2. The number of benzene rings is 1. The highest BCUT2D eigenvalue weighted by atomic mass is 79.9. The van der Waals surface area contributed by atoms with Crippen molar-refractivity contribution in [1.29, 1.82) is 0 Å². The first-order chi connectivity index (χ1) is 9.04. The quantitative estimate of drug-likeness (QED) is 0.829. The first-order valence-corrected chi connectivity index (χ1v) is 7.63. The number of aryl methyl sites for hydroxylation is 1. The average molecular weight is 342 g/mol. The van der Waals surface area contributed by atoms with Crippen molar-refractivity contribution in [3.8, 4) is 5.75 Å². The van der Waals surface area contributed by atoms with Gasteiger partial charge >= 0.3 is 0 Å². The zero-order chi connectivity index (χ0) is 13.6. The van der Waals surface area contributed by atoms with Crippen LogP contribution in [0.25, 0.3) is 0 Å². The van der Waals surface area contributed by atoms with Gasteiger partial charge in [0.25, 0.3) is 0 Å². The molecule has 1 aromatic heterocycles. The van der Waals surface area contributed by atoms with E-state index in [9.17, 15) is 4.39 Å². The maximum atomic E-state index is 13.2. The summed E-state index contributed by atoms with van der Waals surface area (Å²) in [5, 5.41) is 0. The molecule has 0 saturated heterocycles. The highest BCUT2D eigenvalue weighted by molar-refractivity contribution is 9.10. The first kappa shape index (κ1) is 13.1. The van der Waals surface area contributed by atoms with Crippen LogP contribution in [0.3, 0.4) is 0 Å². The number of ether oxygens (including phenoxy) is 1. The fraction of sp³-hybridized carbons (Fsp3) is 0.286. The number of nitrogens with two attached hydrogens (primary N) is 1. The Kier molecular flexibility index (Phi) is 3.37. The van der Waals surface area contributed by atoms with E-state index >= 15 is 0 Å². The molecule has 0 amide bonds. The van der Waals surface area contributed by atoms with Crippen molar-refractivity contribution in [2.75, 3.05) is 0 Å². The van der Waals surface area contributed by atoms with Gasteiger partial charge in [-0.05, 0) is 47.1 Å². The molecule has 0 spiro atoms. The summed E-state index contributed by atoms with van der Waals surface area (Å²) in [7, 11) is 0. The summed E-state index contributed by atoms with van der Waals surface area (Å²) in [4.78, 5) is 2.37. The largest absolute Gasteiger partial charge is 0.484 e. The van der Waals surface area contributed by atoms with Gasteiger partial charge in [-0.15, -0.1) is 11.3 Å². The third kappa shape index (κ3) is 2.42. The molecule has 2 N–H and O–H groups in total. The normalized spacial score (nSPS) is 21.9. The van der Waals surface area contributed by atoms with Gasteiger partial charge in [-0.3, -0.25) is 0 Å². The smallest absolute Gasteiger partial charge is 0.135 e. The van der Waals surface area contributed by atoms with Crippen LogP contribution in [0, 0.1) is 12.7 Å². The number of thiophene rings is 1. The molecule has 2 heterocycles. The van der Waals surface area contributed by atoms with Gasteiger partial charge in [0.2, 0.25) is 0 Å². The van der Waals surface area contributed by atoms with Crippen molar-refractivity contribution in [1.82, 2.24) is 0 Å². The van der Waals surface area contributed by atoms with E-state index in [1.807, 2.05) is 0 Å². The fourth-order valence-electron chi connectivity index (χ4n) is 2.29. The van der Waals surface area contributed by atoms with Crippen LogP contribution >= 0.6 is 27.3 Å². The molecule has 1 unspecified atom stereocenters. The molecular weight excluding hydrogens is 329 g/mol. The van der Waals surface area contributed by atoms with Crippen molar-refractivity contribution < 1.29 is 9.13 Å². The molecular formula is C14H13BrFNOS. The fourth-order valence-corrected chi connectivity index (χ4v) is 3.89. The lowest BCUT2D eigenvalue weighted by molar-refractivity contribution is 0.164. The van der Waals surface area contributed by atoms with E-state index in [1.165, 1.54) is 17.0 Å². The number of hydrogen-bond acceptors (Lipinski definition) is 3. The van der Waals surface area contributed by atoms with E-state index in [4.69, 9.17) is 10.5 Å². The molecule has 2 atom stereocenters. The van der Waals surface area contributed by atoms with E-state index in [-0.39, 0.29) is 18.0 Å². The zero-order valence-electron chi connectivity index (χ0n) is 10.3. The Morgan fingerprint density at radius 3 is 2.89 bits per heavy atom. The zero-order valence-corrected chi connectivity index (χ0v) is 12.7. The Bertz CT molecular complexity index is 608. The predicted octanol–water partition coefficient (Wildman–Crippen LogP) is 4.48. The molecule has 5 heteroatoms. The molecule has 2 nitrogen and oxygen atoms in total. The van der Waals surface area contributed by atoms with Crippen LogP contribution in [-0.4, -0.2) is 0 Å². The highest BCUT2D eigenvalue weighted by Crippen LogP contribution is 2.42. The Labute approximate surface area is 123 Å². The van der Waals surface area contributed by atoms with Crippen LogP contribution < -0.4 is 10.5 Å². The van der Waals surface area contributed by atoms with Gasteiger partial charge in [-0.2, -0.15) is 0 Å². The summed E-state index contributed by atoms with van der Waals surface area (Å²) >= 11 is 5.21. The Morgan fingerprint density at radius 1 is 1.42 bits per heavy atom. The summed E-state index contributed by atoms with van der Waals surface area (Å²) in [5.74, 6) is 0.415. The summed E-state index contributed by atoms with van der Waals surface area (Å²) < 4.78 is 20.3. The van der Waals surface area contributed by atoms with Gasteiger partial charge in [-0.1, -0.05) is 0 Å². The predicted molar refractivity (Wildman–Crippen MR) is 78.1 cm³/mol. The number of fused-ring (bicyclic) bond motifs is 1. The van der Waals surface area contributed by atoms with Crippen LogP contribution in [-0.2, 0) is 0 Å². The third-order valence-electron chi connectivity index (χ3n) is 3.30. The number of rotatable bonds is 1. The summed E-state index contributed by atoms with van der Waals surface area (Å²) in [5.41, 5.74) is 6.89. The SMILES string of the molecule is Cc1sc(C2C[C@@H](N)c3cc(F)ccc3O2)cc1Br. The Morgan fingerprint density at radius 2 is 2.21 bits per heavy atom. The molecule has 1 aliphatic rings. The lowest BCUT2D eigenvalue weighted by atomic mass is 9.96. The van der Waals surface area contributed by atoms with Gasteiger partial charge < -0.3 is 10.5 Å². The van der Waals surface area contributed by atoms with E-state index in [0.717, 1.165) is 14.9 Å². The van der Waals surface area contributed by atoms with Crippen molar-refractivity contribution in [3.63, 3.8) is 0 Å². The number of hydrogen-bond donors (Lipinski definition) is 1.